The van der Waals surface area contributed by atoms with Crippen molar-refractivity contribution in [3.8, 4) is 11.5 Å². The zero-order chi connectivity index (χ0) is 19.1. The number of carboxylic acid groups (broad SMARTS) is 1. The summed E-state index contributed by atoms with van der Waals surface area (Å²) in [6.45, 7) is 4.66. The number of nitrogens with one attached hydrogen (secondary N) is 2. The fourth-order valence-corrected chi connectivity index (χ4v) is 2.45. The minimum atomic E-state index is -1.02. The third kappa shape index (κ3) is 4.66. The summed E-state index contributed by atoms with van der Waals surface area (Å²) in [7, 11) is 0. The Morgan fingerprint density at radius 1 is 1.12 bits per heavy atom. The zero-order valence-corrected chi connectivity index (χ0v) is 14.8. The van der Waals surface area contributed by atoms with E-state index in [0.29, 0.717) is 41.5 Å². The van der Waals surface area contributed by atoms with Crippen molar-refractivity contribution in [3.05, 3.63) is 53.6 Å². The molecule has 1 atom stereocenters. The summed E-state index contributed by atoms with van der Waals surface area (Å²) in [6, 6.07) is 10.8. The molecule has 5 N–H and O–H groups in total. The van der Waals surface area contributed by atoms with Crippen molar-refractivity contribution in [3.63, 3.8) is 0 Å². The number of ether oxygens (including phenoxy) is 2. The summed E-state index contributed by atoms with van der Waals surface area (Å²) in [4.78, 5) is 11.8. The molecule has 0 unspecified atom stereocenters. The fraction of sp³-hybridized carbons (Fsp3) is 0.263. The van der Waals surface area contributed by atoms with E-state index in [0.717, 1.165) is 0 Å². The molecule has 0 amide bonds. The second-order valence-corrected chi connectivity index (χ2v) is 5.48. The van der Waals surface area contributed by atoms with E-state index in [1.807, 2.05) is 13.8 Å². The summed E-state index contributed by atoms with van der Waals surface area (Å²) in [5.41, 5.74) is 7.15. The highest BCUT2D eigenvalue weighted by Gasteiger charge is 2.21. The fourth-order valence-electron chi connectivity index (χ4n) is 2.45. The Bertz CT molecular complexity index is 775. The number of hydrogen-bond acceptors (Lipinski definition) is 5. The predicted molar refractivity (Wildman–Crippen MR) is 100 cm³/mol. The van der Waals surface area contributed by atoms with E-state index in [4.69, 9.17) is 20.6 Å². The molecule has 2 aromatic carbocycles. The van der Waals surface area contributed by atoms with Crippen molar-refractivity contribution in [2.75, 3.05) is 18.5 Å². The SMILES string of the molecule is CCOc1ccc([C@H](Nc2ccc(C(=N)N)cc2)C(=O)O)cc1OCC. The molecule has 7 heteroatoms. The van der Waals surface area contributed by atoms with E-state index in [1.54, 1.807) is 42.5 Å². The van der Waals surface area contributed by atoms with Crippen LogP contribution in [-0.2, 0) is 4.79 Å². The Morgan fingerprint density at radius 2 is 1.73 bits per heavy atom. The van der Waals surface area contributed by atoms with Crippen LogP contribution in [0.1, 0.15) is 31.0 Å². The molecule has 2 rings (SSSR count). The molecular weight excluding hydrogens is 334 g/mol. The van der Waals surface area contributed by atoms with Gasteiger partial charge in [-0.3, -0.25) is 5.41 Å². The van der Waals surface area contributed by atoms with Crippen LogP contribution < -0.4 is 20.5 Å². The van der Waals surface area contributed by atoms with Gasteiger partial charge >= 0.3 is 5.97 Å². The molecule has 0 fully saturated rings. The summed E-state index contributed by atoms with van der Waals surface area (Å²) in [6.07, 6.45) is 0. The Balaban J connectivity index is 2.30. The quantitative estimate of drug-likeness (QED) is 0.405. The second-order valence-electron chi connectivity index (χ2n) is 5.48. The number of benzene rings is 2. The molecule has 0 heterocycles. The van der Waals surface area contributed by atoms with Crippen molar-refractivity contribution in [2.24, 2.45) is 5.73 Å². The van der Waals surface area contributed by atoms with E-state index in [9.17, 15) is 9.90 Å². The first-order valence-electron chi connectivity index (χ1n) is 8.29. The highest BCUT2D eigenvalue weighted by atomic mass is 16.5. The minimum absolute atomic E-state index is 0.0424. The van der Waals surface area contributed by atoms with Crippen molar-refractivity contribution in [2.45, 2.75) is 19.9 Å². The Morgan fingerprint density at radius 3 is 2.27 bits per heavy atom. The van der Waals surface area contributed by atoms with Crippen LogP contribution in [-0.4, -0.2) is 30.1 Å². The maximum atomic E-state index is 11.8. The van der Waals surface area contributed by atoms with Crippen molar-refractivity contribution in [1.29, 1.82) is 5.41 Å². The lowest BCUT2D eigenvalue weighted by molar-refractivity contribution is -0.138. The molecule has 26 heavy (non-hydrogen) atoms. The first-order chi connectivity index (χ1) is 12.5. The third-order valence-corrected chi connectivity index (χ3v) is 3.65. The van der Waals surface area contributed by atoms with Gasteiger partial charge in [-0.25, -0.2) is 4.79 Å². The standard InChI is InChI=1S/C19H23N3O4/c1-3-25-15-10-7-13(11-16(15)26-4-2)17(19(23)24)22-14-8-5-12(6-9-14)18(20)21/h5-11,17,22H,3-4H2,1-2H3,(H3,20,21)(H,23,24)/t17-/m0/s1. The highest BCUT2D eigenvalue weighted by molar-refractivity contribution is 5.95. The number of nitrogens with two attached hydrogens (primary N) is 1. The van der Waals surface area contributed by atoms with Crippen LogP contribution >= 0.6 is 0 Å². The Hall–Kier alpha value is -3.22. The average molecular weight is 357 g/mol. The van der Waals surface area contributed by atoms with Crippen LogP contribution in [0, 0.1) is 5.41 Å². The van der Waals surface area contributed by atoms with E-state index in [-0.39, 0.29) is 5.84 Å². The van der Waals surface area contributed by atoms with Gasteiger partial charge in [0.15, 0.2) is 17.5 Å². The van der Waals surface area contributed by atoms with Gasteiger partial charge in [0.25, 0.3) is 0 Å². The number of aliphatic carboxylic acids is 1. The first kappa shape index (κ1) is 19.1. The number of anilines is 1. The molecule has 0 saturated heterocycles. The van der Waals surface area contributed by atoms with Gasteiger partial charge in [0.05, 0.1) is 13.2 Å². The minimum Gasteiger partial charge on any atom is -0.490 e. The molecule has 138 valence electrons. The number of carboxylic acids is 1. The van der Waals surface area contributed by atoms with Crippen LogP contribution in [0.5, 0.6) is 11.5 Å². The molecule has 0 aromatic heterocycles. The van der Waals surface area contributed by atoms with Gasteiger partial charge in [-0.15, -0.1) is 0 Å². The summed E-state index contributed by atoms with van der Waals surface area (Å²) >= 11 is 0. The lowest BCUT2D eigenvalue weighted by Gasteiger charge is -2.19. The average Bonchev–Trinajstić information content (AvgIpc) is 2.62. The van der Waals surface area contributed by atoms with Gasteiger partial charge in [0, 0.05) is 11.3 Å². The third-order valence-electron chi connectivity index (χ3n) is 3.65. The van der Waals surface area contributed by atoms with E-state index in [1.165, 1.54) is 0 Å². The lowest BCUT2D eigenvalue weighted by atomic mass is 10.1. The molecular formula is C19H23N3O4. The topological polar surface area (TPSA) is 118 Å². The van der Waals surface area contributed by atoms with Gasteiger partial charge in [-0.05, 0) is 55.8 Å². The highest BCUT2D eigenvalue weighted by Crippen LogP contribution is 2.32. The molecule has 0 saturated carbocycles. The maximum absolute atomic E-state index is 11.8. The predicted octanol–water partition coefficient (Wildman–Crippen LogP) is 3.01. The molecule has 0 aliphatic carbocycles. The lowest BCUT2D eigenvalue weighted by Crippen LogP contribution is -2.21. The van der Waals surface area contributed by atoms with E-state index >= 15 is 0 Å². The smallest absolute Gasteiger partial charge is 0.330 e. The van der Waals surface area contributed by atoms with Crippen molar-refractivity contribution in [1.82, 2.24) is 0 Å². The van der Waals surface area contributed by atoms with Crippen LogP contribution in [0.2, 0.25) is 0 Å². The van der Waals surface area contributed by atoms with Gasteiger partial charge in [-0.2, -0.15) is 0 Å². The molecule has 2 aromatic rings. The summed E-state index contributed by atoms with van der Waals surface area (Å²) in [5.74, 6) is 0.0198. The molecule has 0 bridgehead atoms. The molecule has 0 spiro atoms. The summed E-state index contributed by atoms with van der Waals surface area (Å²) in [5, 5.41) is 20.0. The number of amidine groups is 1. The van der Waals surface area contributed by atoms with E-state index < -0.39 is 12.0 Å². The second kappa shape index (κ2) is 8.75. The normalized spacial score (nSPS) is 11.5. The van der Waals surface area contributed by atoms with Gasteiger partial charge in [0.1, 0.15) is 5.84 Å². The van der Waals surface area contributed by atoms with Crippen molar-refractivity contribution >= 4 is 17.5 Å². The molecule has 0 aliphatic rings. The zero-order valence-electron chi connectivity index (χ0n) is 14.8. The monoisotopic (exact) mass is 357 g/mol. The maximum Gasteiger partial charge on any atom is 0.330 e. The van der Waals surface area contributed by atoms with E-state index in [2.05, 4.69) is 5.32 Å². The molecule has 7 nitrogen and oxygen atoms in total. The van der Waals surface area contributed by atoms with Crippen LogP contribution in [0.25, 0.3) is 0 Å². The Kier molecular flexibility index (Phi) is 6.43. The van der Waals surface area contributed by atoms with Crippen molar-refractivity contribution < 1.29 is 19.4 Å². The van der Waals surface area contributed by atoms with Crippen LogP contribution in [0.15, 0.2) is 42.5 Å². The number of hydrogen-bond donors (Lipinski definition) is 4. The Labute approximate surface area is 152 Å². The van der Waals surface area contributed by atoms with Gasteiger partial charge in [-0.1, -0.05) is 6.07 Å². The van der Waals surface area contributed by atoms with Gasteiger partial charge in [0.2, 0.25) is 0 Å². The molecule has 0 radical (unpaired) electrons. The largest absolute Gasteiger partial charge is 0.490 e. The number of nitrogen functional groups attached to an aromatic ring is 1. The summed E-state index contributed by atoms with van der Waals surface area (Å²) < 4.78 is 11.1. The number of carbonyl (C=O) groups is 1. The first-order valence-corrected chi connectivity index (χ1v) is 8.29. The van der Waals surface area contributed by atoms with Crippen LogP contribution in [0.4, 0.5) is 5.69 Å². The van der Waals surface area contributed by atoms with Gasteiger partial charge < -0.3 is 25.6 Å². The van der Waals surface area contributed by atoms with Crippen LogP contribution in [0.3, 0.4) is 0 Å². The number of rotatable bonds is 9. The molecule has 0 aliphatic heterocycles.